The van der Waals surface area contributed by atoms with Crippen molar-refractivity contribution in [1.29, 1.82) is 0 Å². The fraction of sp³-hybridized carbons (Fsp3) is 0. The van der Waals surface area contributed by atoms with Gasteiger partial charge >= 0.3 is 5.97 Å². The van der Waals surface area contributed by atoms with Crippen molar-refractivity contribution >= 4 is 5.97 Å². The van der Waals surface area contributed by atoms with Gasteiger partial charge in [-0.05, 0) is 23.8 Å². The molecule has 0 atom stereocenters. The standard InChI is InChI=1S/C19H14O4/c20-19(21)17-13-7-12-16(14-8-3-1-4-9-14)18(17)23-22-15-10-5-2-6-11-15/h1-13H,(H,20,21). The zero-order chi connectivity index (χ0) is 16.1. The second-order valence-electron chi connectivity index (χ2n) is 4.83. The molecule has 23 heavy (non-hydrogen) atoms. The Morgan fingerprint density at radius 1 is 0.739 bits per heavy atom. The smallest absolute Gasteiger partial charge is 0.339 e. The number of hydrogen-bond acceptors (Lipinski definition) is 3. The summed E-state index contributed by atoms with van der Waals surface area (Å²) in [5.74, 6) is -0.406. The number of hydrogen-bond donors (Lipinski definition) is 1. The minimum atomic E-state index is -1.07. The van der Waals surface area contributed by atoms with Crippen molar-refractivity contribution < 1.29 is 19.7 Å². The molecular weight excluding hydrogens is 292 g/mol. The maximum atomic E-state index is 11.5. The molecule has 0 radical (unpaired) electrons. The molecule has 0 bridgehead atoms. The minimum Gasteiger partial charge on any atom is -0.478 e. The Balaban J connectivity index is 2.00. The zero-order valence-electron chi connectivity index (χ0n) is 12.2. The highest BCUT2D eigenvalue weighted by Gasteiger charge is 2.18. The molecule has 1 N–H and O–H groups in total. The normalized spacial score (nSPS) is 10.1. The van der Waals surface area contributed by atoms with Crippen LogP contribution >= 0.6 is 0 Å². The van der Waals surface area contributed by atoms with Crippen molar-refractivity contribution in [2.75, 3.05) is 0 Å². The number of para-hydroxylation sites is 2. The number of benzene rings is 3. The van der Waals surface area contributed by atoms with Crippen LogP contribution in [-0.4, -0.2) is 11.1 Å². The number of rotatable bonds is 5. The van der Waals surface area contributed by atoms with Gasteiger partial charge in [-0.3, -0.25) is 9.78 Å². The van der Waals surface area contributed by atoms with Crippen molar-refractivity contribution in [3.63, 3.8) is 0 Å². The molecule has 0 amide bonds. The Morgan fingerprint density at radius 2 is 1.39 bits per heavy atom. The van der Waals surface area contributed by atoms with E-state index in [0.29, 0.717) is 11.3 Å². The molecule has 0 aliphatic carbocycles. The Morgan fingerprint density at radius 3 is 2.04 bits per heavy atom. The maximum absolute atomic E-state index is 11.5. The van der Waals surface area contributed by atoms with Crippen molar-refractivity contribution in [2.24, 2.45) is 0 Å². The molecule has 0 unspecified atom stereocenters. The summed E-state index contributed by atoms with van der Waals surface area (Å²) in [6, 6.07) is 23.3. The molecule has 3 aromatic carbocycles. The largest absolute Gasteiger partial charge is 0.478 e. The van der Waals surface area contributed by atoms with Gasteiger partial charge in [-0.2, -0.15) is 0 Å². The first-order valence-corrected chi connectivity index (χ1v) is 7.07. The topological polar surface area (TPSA) is 55.8 Å². The molecule has 0 saturated carbocycles. The third kappa shape index (κ3) is 3.32. The van der Waals surface area contributed by atoms with Crippen LogP contribution in [0.15, 0.2) is 78.9 Å². The molecule has 0 aromatic heterocycles. The van der Waals surface area contributed by atoms with Crippen LogP contribution in [0.5, 0.6) is 11.5 Å². The van der Waals surface area contributed by atoms with Gasteiger partial charge in [-0.1, -0.05) is 60.7 Å². The lowest BCUT2D eigenvalue weighted by Gasteiger charge is -2.13. The van der Waals surface area contributed by atoms with E-state index in [0.717, 1.165) is 5.56 Å². The minimum absolute atomic E-state index is 0.0438. The average molecular weight is 306 g/mol. The lowest BCUT2D eigenvalue weighted by molar-refractivity contribution is -0.0999. The van der Waals surface area contributed by atoms with E-state index in [4.69, 9.17) is 9.78 Å². The van der Waals surface area contributed by atoms with E-state index >= 15 is 0 Å². The van der Waals surface area contributed by atoms with Crippen LogP contribution in [0, 0.1) is 0 Å². The van der Waals surface area contributed by atoms with E-state index in [-0.39, 0.29) is 11.3 Å². The molecular formula is C19H14O4. The van der Waals surface area contributed by atoms with Crippen LogP contribution in [-0.2, 0) is 0 Å². The van der Waals surface area contributed by atoms with Crippen LogP contribution in [0.4, 0.5) is 0 Å². The molecule has 0 aliphatic rings. The predicted molar refractivity (Wildman–Crippen MR) is 86.5 cm³/mol. The first-order chi connectivity index (χ1) is 11.3. The van der Waals surface area contributed by atoms with Gasteiger partial charge in [0, 0.05) is 5.56 Å². The second-order valence-corrected chi connectivity index (χ2v) is 4.83. The first-order valence-electron chi connectivity index (χ1n) is 7.07. The molecule has 0 spiro atoms. The van der Waals surface area contributed by atoms with Gasteiger partial charge in [0.25, 0.3) is 0 Å². The Labute approximate surface area is 133 Å². The van der Waals surface area contributed by atoms with E-state index in [1.165, 1.54) is 6.07 Å². The Hall–Kier alpha value is -3.27. The zero-order valence-corrected chi connectivity index (χ0v) is 12.2. The van der Waals surface area contributed by atoms with Crippen molar-refractivity contribution in [2.45, 2.75) is 0 Å². The monoisotopic (exact) mass is 306 g/mol. The fourth-order valence-corrected chi connectivity index (χ4v) is 2.21. The average Bonchev–Trinajstić information content (AvgIpc) is 2.61. The molecule has 4 heteroatoms. The maximum Gasteiger partial charge on any atom is 0.339 e. The number of carboxylic acids is 1. The second kappa shape index (κ2) is 6.66. The van der Waals surface area contributed by atoms with Crippen molar-refractivity contribution in [1.82, 2.24) is 0 Å². The SMILES string of the molecule is O=C(O)c1cccc(-c2ccccc2)c1OOc1ccccc1. The van der Waals surface area contributed by atoms with Gasteiger partial charge in [0.2, 0.25) is 5.75 Å². The Kier molecular flexibility index (Phi) is 4.25. The van der Waals surface area contributed by atoms with Gasteiger partial charge in [0.15, 0.2) is 5.75 Å². The van der Waals surface area contributed by atoms with Crippen LogP contribution in [0.2, 0.25) is 0 Å². The highest BCUT2D eigenvalue weighted by molar-refractivity contribution is 5.94. The highest BCUT2D eigenvalue weighted by atomic mass is 17.2. The summed E-state index contributed by atoms with van der Waals surface area (Å²) >= 11 is 0. The molecule has 0 fully saturated rings. The lowest BCUT2D eigenvalue weighted by atomic mass is 10.0. The Bertz CT molecular complexity index is 798. The third-order valence-electron chi connectivity index (χ3n) is 3.29. The van der Waals surface area contributed by atoms with Crippen LogP contribution in [0.3, 0.4) is 0 Å². The molecule has 0 saturated heterocycles. The molecule has 3 aromatic rings. The van der Waals surface area contributed by atoms with E-state index in [9.17, 15) is 9.90 Å². The van der Waals surface area contributed by atoms with Crippen LogP contribution in [0.25, 0.3) is 11.1 Å². The third-order valence-corrected chi connectivity index (χ3v) is 3.29. The van der Waals surface area contributed by atoms with Gasteiger partial charge in [0.05, 0.1) is 0 Å². The molecule has 3 rings (SSSR count). The number of carbonyl (C=O) groups is 1. The summed E-state index contributed by atoms with van der Waals surface area (Å²) in [5.41, 5.74) is 1.55. The van der Waals surface area contributed by atoms with Crippen molar-refractivity contribution in [3.8, 4) is 22.6 Å². The number of carboxylic acid groups (broad SMARTS) is 1. The summed E-state index contributed by atoms with van der Waals surface area (Å²) < 4.78 is 0. The summed E-state index contributed by atoms with van der Waals surface area (Å²) in [6.07, 6.45) is 0. The van der Waals surface area contributed by atoms with Crippen molar-refractivity contribution in [3.05, 3.63) is 84.4 Å². The number of aromatic carboxylic acids is 1. The van der Waals surface area contributed by atoms with Gasteiger partial charge in [0.1, 0.15) is 5.56 Å². The van der Waals surface area contributed by atoms with Crippen LogP contribution < -0.4 is 9.78 Å². The molecule has 114 valence electrons. The molecule has 0 aliphatic heterocycles. The summed E-state index contributed by atoms with van der Waals surface area (Å²) in [4.78, 5) is 22.2. The lowest BCUT2D eigenvalue weighted by Crippen LogP contribution is -2.07. The van der Waals surface area contributed by atoms with Gasteiger partial charge in [-0.25, -0.2) is 4.79 Å². The van der Waals surface area contributed by atoms with Crippen LogP contribution in [0.1, 0.15) is 10.4 Å². The quantitative estimate of drug-likeness (QED) is 0.560. The first kappa shape index (κ1) is 14.7. The predicted octanol–water partition coefficient (Wildman–Crippen LogP) is 4.42. The summed E-state index contributed by atoms with van der Waals surface area (Å²) in [5, 5.41) is 9.40. The molecule has 0 heterocycles. The summed E-state index contributed by atoms with van der Waals surface area (Å²) in [7, 11) is 0. The van der Waals surface area contributed by atoms with E-state index in [1.54, 1.807) is 36.4 Å². The highest BCUT2D eigenvalue weighted by Crippen LogP contribution is 2.33. The van der Waals surface area contributed by atoms with E-state index < -0.39 is 5.97 Å². The molecule has 4 nitrogen and oxygen atoms in total. The van der Waals surface area contributed by atoms with Gasteiger partial charge < -0.3 is 5.11 Å². The summed E-state index contributed by atoms with van der Waals surface area (Å²) in [6.45, 7) is 0. The fourth-order valence-electron chi connectivity index (χ4n) is 2.21. The van der Waals surface area contributed by atoms with Gasteiger partial charge in [-0.15, -0.1) is 0 Å². The van der Waals surface area contributed by atoms with E-state index in [1.807, 2.05) is 36.4 Å². The van der Waals surface area contributed by atoms with E-state index in [2.05, 4.69) is 0 Å².